The van der Waals surface area contributed by atoms with Crippen LogP contribution in [0.3, 0.4) is 0 Å². The molecule has 22 heavy (non-hydrogen) atoms. The maximum atomic E-state index is 5.84. The Morgan fingerprint density at radius 2 is 1.68 bits per heavy atom. The van der Waals surface area contributed by atoms with Gasteiger partial charge in [0.25, 0.3) is 0 Å². The SMILES string of the molecule is Cc1cccc(OCC[n+]2cc3ccccc3cc2C)c1.[I-]. The van der Waals surface area contributed by atoms with Crippen LogP contribution < -0.4 is 33.3 Å². The second-order valence-corrected chi connectivity index (χ2v) is 5.40. The zero-order valence-electron chi connectivity index (χ0n) is 12.9. The predicted molar refractivity (Wildman–Crippen MR) is 85.6 cm³/mol. The molecule has 0 spiro atoms. The topological polar surface area (TPSA) is 13.1 Å². The van der Waals surface area contributed by atoms with E-state index in [2.05, 4.69) is 67.1 Å². The number of pyridine rings is 1. The van der Waals surface area contributed by atoms with E-state index in [4.69, 9.17) is 4.74 Å². The highest BCUT2D eigenvalue weighted by atomic mass is 127. The van der Waals surface area contributed by atoms with Gasteiger partial charge in [0.1, 0.15) is 12.4 Å². The van der Waals surface area contributed by atoms with Gasteiger partial charge in [-0.3, -0.25) is 0 Å². The Labute approximate surface area is 148 Å². The number of hydrogen-bond acceptors (Lipinski definition) is 1. The Kier molecular flexibility index (Phi) is 5.77. The Bertz CT molecular complexity index is 770. The fraction of sp³-hybridized carbons (Fsp3) is 0.211. The molecule has 0 radical (unpaired) electrons. The minimum Gasteiger partial charge on any atom is -1.00 e. The lowest BCUT2D eigenvalue weighted by Gasteiger charge is -2.06. The highest BCUT2D eigenvalue weighted by molar-refractivity contribution is 5.80. The van der Waals surface area contributed by atoms with E-state index < -0.39 is 0 Å². The molecule has 2 aromatic carbocycles. The third-order valence-corrected chi connectivity index (χ3v) is 3.70. The van der Waals surface area contributed by atoms with E-state index in [0.29, 0.717) is 6.61 Å². The lowest BCUT2D eigenvalue weighted by Crippen LogP contribution is -3.00. The van der Waals surface area contributed by atoms with Crippen molar-refractivity contribution in [2.24, 2.45) is 0 Å². The van der Waals surface area contributed by atoms with Gasteiger partial charge in [-0.05, 0) is 36.1 Å². The third kappa shape index (κ3) is 3.97. The summed E-state index contributed by atoms with van der Waals surface area (Å²) in [5.41, 5.74) is 2.48. The first kappa shape index (κ1) is 16.7. The number of fused-ring (bicyclic) bond motifs is 1. The maximum absolute atomic E-state index is 5.84. The molecule has 0 saturated carbocycles. The molecule has 0 unspecified atom stereocenters. The van der Waals surface area contributed by atoms with E-state index in [1.165, 1.54) is 22.0 Å². The zero-order chi connectivity index (χ0) is 14.7. The van der Waals surface area contributed by atoms with Gasteiger partial charge in [0, 0.05) is 18.4 Å². The van der Waals surface area contributed by atoms with Crippen molar-refractivity contribution >= 4 is 10.8 Å². The van der Waals surface area contributed by atoms with Gasteiger partial charge in [0.05, 0.1) is 0 Å². The van der Waals surface area contributed by atoms with Gasteiger partial charge in [-0.15, -0.1) is 0 Å². The maximum Gasteiger partial charge on any atom is 0.182 e. The molecule has 0 N–H and O–H groups in total. The summed E-state index contributed by atoms with van der Waals surface area (Å²) in [6.07, 6.45) is 2.20. The van der Waals surface area contributed by atoms with Crippen LogP contribution in [-0.2, 0) is 6.54 Å². The molecule has 0 aliphatic heterocycles. The van der Waals surface area contributed by atoms with Crippen LogP contribution in [-0.4, -0.2) is 6.61 Å². The van der Waals surface area contributed by atoms with Crippen molar-refractivity contribution < 1.29 is 33.3 Å². The molecule has 1 heterocycles. The number of aryl methyl sites for hydroxylation is 2. The number of rotatable bonds is 4. The Balaban J connectivity index is 0.00000176. The lowest BCUT2D eigenvalue weighted by molar-refractivity contribution is -0.702. The van der Waals surface area contributed by atoms with Crippen LogP contribution >= 0.6 is 0 Å². The fourth-order valence-corrected chi connectivity index (χ4v) is 2.55. The summed E-state index contributed by atoms with van der Waals surface area (Å²) in [7, 11) is 0. The highest BCUT2D eigenvalue weighted by Crippen LogP contribution is 2.13. The van der Waals surface area contributed by atoms with E-state index in [1.807, 2.05) is 12.1 Å². The minimum atomic E-state index is 0. The summed E-state index contributed by atoms with van der Waals surface area (Å²) < 4.78 is 8.09. The summed E-state index contributed by atoms with van der Waals surface area (Å²) in [6, 6.07) is 18.8. The molecule has 0 fully saturated rings. The van der Waals surface area contributed by atoms with Crippen molar-refractivity contribution in [1.29, 1.82) is 0 Å². The average Bonchev–Trinajstić information content (AvgIpc) is 2.48. The average molecular weight is 405 g/mol. The van der Waals surface area contributed by atoms with Gasteiger partial charge >= 0.3 is 0 Å². The largest absolute Gasteiger partial charge is 1.00 e. The highest BCUT2D eigenvalue weighted by Gasteiger charge is 2.08. The molecule has 3 aromatic rings. The molecule has 0 bridgehead atoms. The van der Waals surface area contributed by atoms with Gasteiger partial charge in [0.15, 0.2) is 18.4 Å². The molecule has 0 amide bonds. The molecular weight excluding hydrogens is 385 g/mol. The summed E-state index contributed by atoms with van der Waals surface area (Å²) in [5.74, 6) is 0.939. The predicted octanol–water partition coefficient (Wildman–Crippen LogP) is 0.827. The van der Waals surface area contributed by atoms with Gasteiger partial charge in [-0.1, -0.05) is 30.3 Å². The first-order valence-corrected chi connectivity index (χ1v) is 7.31. The third-order valence-electron chi connectivity index (χ3n) is 3.70. The van der Waals surface area contributed by atoms with Crippen molar-refractivity contribution in [2.45, 2.75) is 20.4 Å². The molecule has 1 aromatic heterocycles. The number of nitrogens with zero attached hydrogens (tertiary/aromatic N) is 1. The first-order chi connectivity index (χ1) is 10.2. The molecule has 114 valence electrons. The van der Waals surface area contributed by atoms with Crippen LogP contribution in [0.1, 0.15) is 11.3 Å². The van der Waals surface area contributed by atoms with Crippen LogP contribution in [0, 0.1) is 13.8 Å². The molecule has 2 nitrogen and oxygen atoms in total. The van der Waals surface area contributed by atoms with Crippen molar-refractivity contribution in [3.05, 3.63) is 72.1 Å². The molecular formula is C19H20INO. The van der Waals surface area contributed by atoms with Gasteiger partial charge in [0.2, 0.25) is 0 Å². The summed E-state index contributed by atoms with van der Waals surface area (Å²) in [5, 5.41) is 2.55. The number of benzene rings is 2. The van der Waals surface area contributed by atoms with Crippen LogP contribution in [0.5, 0.6) is 5.75 Å². The van der Waals surface area contributed by atoms with E-state index in [1.54, 1.807) is 0 Å². The second-order valence-electron chi connectivity index (χ2n) is 5.40. The Morgan fingerprint density at radius 3 is 2.45 bits per heavy atom. The smallest absolute Gasteiger partial charge is 0.182 e. The summed E-state index contributed by atoms with van der Waals surface area (Å²) in [4.78, 5) is 0. The van der Waals surface area contributed by atoms with Crippen LogP contribution in [0.2, 0.25) is 0 Å². The van der Waals surface area contributed by atoms with E-state index in [-0.39, 0.29) is 24.0 Å². The normalized spacial score (nSPS) is 10.3. The number of aromatic nitrogens is 1. The zero-order valence-corrected chi connectivity index (χ0v) is 15.1. The lowest BCUT2D eigenvalue weighted by atomic mass is 10.1. The van der Waals surface area contributed by atoms with Crippen molar-refractivity contribution in [2.75, 3.05) is 6.61 Å². The van der Waals surface area contributed by atoms with E-state index in [9.17, 15) is 0 Å². The molecule has 0 saturated heterocycles. The standard InChI is InChI=1S/C19H20NO.HI/c1-15-6-5-9-19(12-15)21-11-10-20-14-18-8-4-3-7-17(18)13-16(20)2;/h3-9,12-14H,10-11H2,1-2H3;1H/q+1;/p-1. The Morgan fingerprint density at radius 1 is 0.909 bits per heavy atom. The van der Waals surface area contributed by atoms with Crippen LogP contribution in [0.25, 0.3) is 10.8 Å². The number of ether oxygens (including phenoxy) is 1. The molecule has 0 atom stereocenters. The minimum absolute atomic E-state index is 0. The van der Waals surface area contributed by atoms with Gasteiger partial charge < -0.3 is 28.7 Å². The van der Waals surface area contributed by atoms with Crippen LogP contribution in [0.4, 0.5) is 0 Å². The first-order valence-electron chi connectivity index (χ1n) is 7.31. The molecule has 3 heteroatoms. The second kappa shape index (κ2) is 7.58. The van der Waals surface area contributed by atoms with Crippen LogP contribution in [0.15, 0.2) is 60.8 Å². The monoisotopic (exact) mass is 405 g/mol. The fourth-order valence-electron chi connectivity index (χ4n) is 2.55. The van der Waals surface area contributed by atoms with Crippen molar-refractivity contribution in [3.8, 4) is 5.75 Å². The molecule has 0 aliphatic carbocycles. The quantitative estimate of drug-likeness (QED) is 0.463. The Hall–Kier alpha value is -1.62. The van der Waals surface area contributed by atoms with E-state index in [0.717, 1.165) is 12.3 Å². The van der Waals surface area contributed by atoms with Gasteiger partial charge in [-0.25, -0.2) is 0 Å². The number of halogens is 1. The van der Waals surface area contributed by atoms with Gasteiger partial charge in [-0.2, -0.15) is 4.57 Å². The van der Waals surface area contributed by atoms with E-state index >= 15 is 0 Å². The molecule has 3 rings (SSSR count). The summed E-state index contributed by atoms with van der Waals surface area (Å²) in [6.45, 7) is 5.74. The summed E-state index contributed by atoms with van der Waals surface area (Å²) >= 11 is 0. The number of hydrogen-bond donors (Lipinski definition) is 0. The van der Waals surface area contributed by atoms with Crippen molar-refractivity contribution in [1.82, 2.24) is 0 Å². The van der Waals surface area contributed by atoms with Crippen molar-refractivity contribution in [3.63, 3.8) is 0 Å². The molecule has 0 aliphatic rings.